The molecule has 1 aromatic heterocycles. The number of anilines is 1. The first-order chi connectivity index (χ1) is 8.20. The number of nitrogens with two attached hydrogens (primary N) is 1. The van der Waals surface area contributed by atoms with Crippen LogP contribution in [0.15, 0.2) is 36.5 Å². The highest BCUT2D eigenvalue weighted by Gasteiger charge is 2.06. The van der Waals surface area contributed by atoms with Crippen molar-refractivity contribution in [2.45, 2.75) is 0 Å². The zero-order chi connectivity index (χ0) is 12.3. The predicted molar refractivity (Wildman–Crippen MR) is 68.6 cm³/mol. The number of aromatic nitrogens is 1. The fourth-order valence-electron chi connectivity index (χ4n) is 1.24. The lowest BCUT2D eigenvalue weighted by Gasteiger charge is -2.09. The van der Waals surface area contributed by atoms with Crippen molar-refractivity contribution >= 4 is 29.0 Å². The van der Waals surface area contributed by atoms with Crippen molar-refractivity contribution < 1.29 is 4.74 Å². The molecule has 4 nitrogen and oxygen atoms in total. The molecule has 6 heteroatoms. The minimum atomic E-state index is 0.369. The van der Waals surface area contributed by atoms with E-state index in [2.05, 4.69) is 10.4 Å². The Bertz CT molecular complexity index is 534. The zero-order valence-corrected chi connectivity index (χ0v) is 10.2. The fourth-order valence-corrected chi connectivity index (χ4v) is 1.57. The van der Waals surface area contributed by atoms with Gasteiger partial charge in [0, 0.05) is 12.3 Å². The molecule has 2 rings (SSSR count). The third kappa shape index (κ3) is 2.79. The number of hydrazine groups is 1. The molecule has 0 saturated carbocycles. The van der Waals surface area contributed by atoms with E-state index in [1.165, 1.54) is 0 Å². The summed E-state index contributed by atoms with van der Waals surface area (Å²) >= 11 is 11.9. The molecule has 3 N–H and O–H groups in total. The van der Waals surface area contributed by atoms with Crippen molar-refractivity contribution in [3.63, 3.8) is 0 Å². The molecule has 17 heavy (non-hydrogen) atoms. The summed E-state index contributed by atoms with van der Waals surface area (Å²) in [7, 11) is 0. The Kier molecular flexibility index (Phi) is 3.68. The summed E-state index contributed by atoms with van der Waals surface area (Å²) in [6, 6.07) is 8.52. The first-order valence-electron chi connectivity index (χ1n) is 4.75. The maximum atomic E-state index is 6.00. The maximum absolute atomic E-state index is 6.00. The van der Waals surface area contributed by atoms with Gasteiger partial charge in [-0.2, -0.15) is 0 Å². The summed E-state index contributed by atoms with van der Waals surface area (Å²) in [4.78, 5) is 3.96. The van der Waals surface area contributed by atoms with Crippen molar-refractivity contribution in [3.8, 4) is 11.5 Å². The molecule has 1 heterocycles. The molecule has 0 bridgehead atoms. The summed E-state index contributed by atoms with van der Waals surface area (Å²) < 4.78 is 5.58. The van der Waals surface area contributed by atoms with E-state index in [4.69, 9.17) is 33.8 Å². The van der Waals surface area contributed by atoms with Gasteiger partial charge < -0.3 is 10.2 Å². The number of hydrogen-bond acceptors (Lipinski definition) is 4. The molecule has 1 aromatic carbocycles. The van der Waals surface area contributed by atoms with E-state index in [-0.39, 0.29) is 0 Å². The molecular formula is C11H9Cl2N3O. The van der Waals surface area contributed by atoms with Crippen LogP contribution >= 0.6 is 23.2 Å². The minimum Gasteiger partial charge on any atom is -0.456 e. The summed E-state index contributed by atoms with van der Waals surface area (Å²) in [6.07, 6.45) is 1.57. The van der Waals surface area contributed by atoms with E-state index in [9.17, 15) is 0 Å². The van der Waals surface area contributed by atoms with Crippen LogP contribution in [0.4, 0.5) is 5.82 Å². The Morgan fingerprint density at radius 1 is 1.24 bits per heavy atom. The van der Waals surface area contributed by atoms with Crippen molar-refractivity contribution in [3.05, 3.63) is 46.6 Å². The van der Waals surface area contributed by atoms with Gasteiger partial charge in [0.1, 0.15) is 22.3 Å². The fraction of sp³-hybridized carbons (Fsp3) is 0. The second-order valence-corrected chi connectivity index (χ2v) is 3.96. The van der Waals surface area contributed by atoms with Crippen LogP contribution < -0.4 is 16.0 Å². The van der Waals surface area contributed by atoms with Gasteiger partial charge in [0.2, 0.25) is 0 Å². The number of hydrogen-bond donors (Lipinski definition) is 2. The molecule has 0 saturated heterocycles. The normalized spacial score (nSPS) is 10.1. The number of nitrogens with zero attached hydrogens (tertiary/aromatic N) is 1. The van der Waals surface area contributed by atoms with Gasteiger partial charge >= 0.3 is 0 Å². The first kappa shape index (κ1) is 12.0. The van der Waals surface area contributed by atoms with Crippen LogP contribution in [0.3, 0.4) is 0 Å². The van der Waals surface area contributed by atoms with E-state index < -0.39 is 0 Å². The topological polar surface area (TPSA) is 60.2 Å². The van der Waals surface area contributed by atoms with E-state index in [1.807, 2.05) is 0 Å². The molecule has 0 fully saturated rings. The van der Waals surface area contributed by atoms with Crippen LogP contribution in [0.5, 0.6) is 11.5 Å². The summed E-state index contributed by atoms with van der Waals surface area (Å²) in [5, 5.41) is 0.809. The molecular weight excluding hydrogens is 261 g/mol. The smallest absolute Gasteiger partial charge is 0.147 e. The lowest BCUT2D eigenvalue weighted by molar-refractivity contribution is 0.482. The van der Waals surface area contributed by atoms with Crippen LogP contribution in [-0.4, -0.2) is 4.98 Å². The van der Waals surface area contributed by atoms with Crippen LogP contribution in [0, 0.1) is 0 Å². The van der Waals surface area contributed by atoms with Crippen molar-refractivity contribution in [2.24, 2.45) is 5.84 Å². The van der Waals surface area contributed by atoms with Gasteiger partial charge in [0.05, 0.1) is 5.02 Å². The third-order valence-corrected chi connectivity index (χ3v) is 2.82. The van der Waals surface area contributed by atoms with Crippen molar-refractivity contribution in [2.75, 3.05) is 5.43 Å². The van der Waals surface area contributed by atoms with Crippen LogP contribution in [0.25, 0.3) is 0 Å². The number of nitrogen functional groups attached to an aromatic ring is 1. The van der Waals surface area contributed by atoms with Gasteiger partial charge in [0.25, 0.3) is 0 Å². The largest absolute Gasteiger partial charge is 0.456 e. The molecule has 0 amide bonds. The standard InChI is InChI=1S/C11H9Cl2N3O/c12-8-2-1-3-9(11(8)13)17-7-4-5-15-10(6-7)16-14/h1-6H,14H2,(H,15,16). The number of rotatable bonds is 3. The molecule has 88 valence electrons. The number of pyridine rings is 1. The lowest BCUT2D eigenvalue weighted by atomic mass is 10.3. The van der Waals surface area contributed by atoms with Gasteiger partial charge in [-0.15, -0.1) is 0 Å². The Labute approximate surface area is 108 Å². The molecule has 0 aliphatic carbocycles. The predicted octanol–water partition coefficient (Wildman–Crippen LogP) is 3.47. The van der Waals surface area contributed by atoms with E-state index in [1.54, 1.807) is 36.5 Å². The molecule has 0 unspecified atom stereocenters. The molecule has 0 atom stereocenters. The number of benzene rings is 1. The lowest BCUT2D eigenvalue weighted by Crippen LogP contribution is -2.08. The van der Waals surface area contributed by atoms with E-state index in [0.29, 0.717) is 27.4 Å². The summed E-state index contributed by atoms with van der Waals surface area (Å²) in [5.74, 6) is 6.80. The average molecular weight is 270 g/mol. The van der Waals surface area contributed by atoms with E-state index in [0.717, 1.165) is 0 Å². The maximum Gasteiger partial charge on any atom is 0.147 e. The van der Waals surface area contributed by atoms with Crippen molar-refractivity contribution in [1.29, 1.82) is 0 Å². The van der Waals surface area contributed by atoms with Gasteiger partial charge in [-0.05, 0) is 18.2 Å². The highest BCUT2D eigenvalue weighted by molar-refractivity contribution is 6.42. The summed E-state index contributed by atoms with van der Waals surface area (Å²) in [5.41, 5.74) is 2.43. The Hall–Kier alpha value is -1.49. The SMILES string of the molecule is NNc1cc(Oc2cccc(Cl)c2Cl)ccn1. The quantitative estimate of drug-likeness (QED) is 0.662. The number of ether oxygens (including phenoxy) is 1. The number of nitrogens with one attached hydrogen (secondary N) is 1. The van der Waals surface area contributed by atoms with E-state index >= 15 is 0 Å². The molecule has 2 aromatic rings. The van der Waals surface area contributed by atoms with Crippen LogP contribution in [-0.2, 0) is 0 Å². The highest BCUT2D eigenvalue weighted by Crippen LogP contribution is 2.34. The zero-order valence-electron chi connectivity index (χ0n) is 8.65. The molecule has 0 spiro atoms. The number of halogens is 2. The van der Waals surface area contributed by atoms with Gasteiger partial charge in [-0.25, -0.2) is 10.8 Å². The first-order valence-corrected chi connectivity index (χ1v) is 5.51. The average Bonchev–Trinajstić information content (AvgIpc) is 2.35. The van der Waals surface area contributed by atoms with Crippen LogP contribution in [0.1, 0.15) is 0 Å². The van der Waals surface area contributed by atoms with Gasteiger partial charge in [0.15, 0.2) is 0 Å². The van der Waals surface area contributed by atoms with Crippen LogP contribution in [0.2, 0.25) is 10.0 Å². The molecule has 0 aliphatic heterocycles. The molecule has 0 radical (unpaired) electrons. The second kappa shape index (κ2) is 5.23. The van der Waals surface area contributed by atoms with Gasteiger partial charge in [-0.1, -0.05) is 29.3 Å². The van der Waals surface area contributed by atoms with Crippen molar-refractivity contribution in [1.82, 2.24) is 4.98 Å². The van der Waals surface area contributed by atoms with Gasteiger partial charge in [-0.3, -0.25) is 0 Å². The Morgan fingerprint density at radius 3 is 2.82 bits per heavy atom. The Balaban J connectivity index is 2.28. The Morgan fingerprint density at radius 2 is 2.06 bits per heavy atom. The monoisotopic (exact) mass is 269 g/mol. The molecule has 0 aliphatic rings. The minimum absolute atomic E-state index is 0.369. The second-order valence-electron chi connectivity index (χ2n) is 3.18. The highest BCUT2D eigenvalue weighted by atomic mass is 35.5. The third-order valence-electron chi connectivity index (χ3n) is 2.02. The summed E-state index contributed by atoms with van der Waals surface area (Å²) in [6.45, 7) is 0.